The van der Waals surface area contributed by atoms with Gasteiger partial charge in [-0.25, -0.2) is 13.6 Å². The van der Waals surface area contributed by atoms with E-state index in [2.05, 4.69) is 0 Å². The van der Waals surface area contributed by atoms with Gasteiger partial charge in [0.05, 0.1) is 0 Å². The highest BCUT2D eigenvalue weighted by Gasteiger charge is 2.94. The van der Waals surface area contributed by atoms with Crippen LogP contribution >= 0.6 is 0 Å². The smallest absolute Gasteiger partial charge is 0.410 e. The molecule has 0 saturated heterocycles. The van der Waals surface area contributed by atoms with Crippen molar-refractivity contribution in [1.82, 2.24) is 6.15 Å². The Bertz CT molecular complexity index is 585. The van der Waals surface area contributed by atoms with Gasteiger partial charge < -0.3 is 11.3 Å². The van der Waals surface area contributed by atoms with Crippen LogP contribution in [-0.4, -0.2) is 59.0 Å². The molecule has 0 aliphatic rings. The highest BCUT2D eigenvalue weighted by atomic mass is 19.4. The van der Waals surface area contributed by atoms with Crippen LogP contribution in [0.4, 0.5) is 70.2 Å². The standard InChI is InChI=1S/C9H2F16O2.H3N/c10-1(11)3(12,13)5(16,17)7(20,21)9(24,25)8(22,23)6(18,19)4(14,15)2(26)27;/h1H,(H,26,27);1H3/p+1. The van der Waals surface area contributed by atoms with Gasteiger partial charge in [0.15, 0.2) is 0 Å². The fraction of sp³-hybridized carbons (Fsp3) is 0.889. The third-order valence-corrected chi connectivity index (χ3v) is 2.93. The van der Waals surface area contributed by atoms with Gasteiger partial charge in [-0.3, -0.25) is 0 Å². The second-order valence-corrected chi connectivity index (χ2v) is 4.68. The van der Waals surface area contributed by atoms with Crippen LogP contribution in [0.15, 0.2) is 0 Å². The fourth-order valence-corrected chi connectivity index (χ4v) is 1.27. The average molecular weight is 464 g/mol. The predicted molar refractivity (Wildman–Crippen MR) is 54.3 cm³/mol. The number of rotatable bonds is 8. The average Bonchev–Trinajstić information content (AvgIpc) is 2.45. The first-order valence-corrected chi connectivity index (χ1v) is 5.55. The molecule has 0 fully saturated rings. The molecule has 5 N–H and O–H groups in total. The second-order valence-electron chi connectivity index (χ2n) is 4.68. The molecule has 0 bridgehead atoms. The van der Waals surface area contributed by atoms with Gasteiger partial charge in [-0.15, -0.1) is 0 Å². The molecule has 0 amide bonds. The summed E-state index contributed by atoms with van der Waals surface area (Å²) in [5, 5.41) is 7.61. The predicted octanol–water partition coefficient (Wildman–Crippen LogP) is 5.16. The Hall–Kier alpha value is -1.69. The monoisotopic (exact) mass is 464 g/mol. The molecule has 0 heterocycles. The first kappa shape index (κ1) is 28.5. The van der Waals surface area contributed by atoms with E-state index in [1.807, 2.05) is 0 Å². The molecule has 0 unspecified atom stereocenters. The minimum atomic E-state index is -8.58. The highest BCUT2D eigenvalue weighted by molar-refractivity contribution is 5.77. The maximum absolute atomic E-state index is 13.0. The molecule has 0 aromatic rings. The number of carboxylic acids is 1. The lowest BCUT2D eigenvalue weighted by Crippen LogP contribution is -2.74. The van der Waals surface area contributed by atoms with Gasteiger partial charge in [-0.2, -0.15) is 61.5 Å². The molecule has 0 spiro atoms. The second kappa shape index (κ2) is 6.97. The number of hydrogen-bond donors (Lipinski definition) is 2. The van der Waals surface area contributed by atoms with E-state index in [0.29, 0.717) is 0 Å². The summed E-state index contributed by atoms with van der Waals surface area (Å²) < 4.78 is 202. The molecule has 0 saturated carbocycles. The van der Waals surface area contributed by atoms with Crippen molar-refractivity contribution in [2.24, 2.45) is 0 Å². The fourth-order valence-electron chi connectivity index (χ4n) is 1.27. The minimum absolute atomic E-state index is 0. The largest absolute Gasteiger partial charge is 0.477 e. The summed E-state index contributed by atoms with van der Waals surface area (Å²) in [5.41, 5.74) is 0. The zero-order valence-electron chi connectivity index (χ0n) is 12.5. The maximum atomic E-state index is 13.0. The van der Waals surface area contributed by atoms with Gasteiger partial charge >= 0.3 is 53.9 Å². The summed E-state index contributed by atoms with van der Waals surface area (Å²) in [5.74, 6) is -60.9. The molecule has 0 aliphatic heterocycles. The van der Waals surface area contributed by atoms with Crippen molar-refractivity contribution in [2.75, 3.05) is 0 Å². The van der Waals surface area contributed by atoms with Crippen LogP contribution < -0.4 is 6.15 Å². The van der Waals surface area contributed by atoms with E-state index in [0.717, 1.165) is 0 Å². The maximum Gasteiger partial charge on any atom is 0.410 e. The lowest BCUT2D eigenvalue weighted by molar-refractivity contribution is -0.444. The number of carboxylic acid groups (broad SMARTS) is 1. The molecular weight excluding hydrogens is 458 g/mol. The van der Waals surface area contributed by atoms with Gasteiger partial charge in [0.25, 0.3) is 0 Å². The van der Waals surface area contributed by atoms with E-state index in [4.69, 9.17) is 5.11 Å². The summed E-state index contributed by atoms with van der Waals surface area (Å²) >= 11 is 0. The van der Waals surface area contributed by atoms with E-state index in [9.17, 15) is 75.0 Å². The Morgan fingerprint density at radius 1 is 0.571 bits per heavy atom. The van der Waals surface area contributed by atoms with Gasteiger partial charge in [0, 0.05) is 0 Å². The van der Waals surface area contributed by atoms with E-state index < -0.39 is 53.9 Å². The third-order valence-electron chi connectivity index (χ3n) is 2.93. The third kappa shape index (κ3) is 3.19. The van der Waals surface area contributed by atoms with Crippen LogP contribution in [0.5, 0.6) is 0 Å². The molecule has 170 valence electrons. The van der Waals surface area contributed by atoms with Crippen molar-refractivity contribution in [3.8, 4) is 0 Å². The molecule has 0 radical (unpaired) electrons. The van der Waals surface area contributed by atoms with E-state index in [1.54, 1.807) is 0 Å². The van der Waals surface area contributed by atoms with Crippen LogP contribution in [-0.2, 0) is 4.79 Å². The molecule has 0 aliphatic carbocycles. The summed E-state index contributed by atoms with van der Waals surface area (Å²) in [4.78, 5) is 9.77. The SMILES string of the molecule is O=C(O)C(F)(F)C(F)(F)C(F)(F)C(F)(F)C(F)(F)C(F)(F)C(F)(F)C(F)F.[NH4+]. The quantitative estimate of drug-likeness (QED) is 0.488. The van der Waals surface area contributed by atoms with E-state index >= 15 is 0 Å². The normalized spacial score (nSPS) is 15.5. The van der Waals surface area contributed by atoms with Crippen molar-refractivity contribution in [2.45, 2.75) is 47.9 Å². The van der Waals surface area contributed by atoms with E-state index in [1.165, 1.54) is 0 Å². The number of alkyl halides is 16. The topological polar surface area (TPSA) is 73.8 Å². The van der Waals surface area contributed by atoms with Crippen molar-refractivity contribution < 1.29 is 80.1 Å². The lowest BCUT2D eigenvalue weighted by atomic mass is 9.89. The molecule has 0 atom stereocenters. The van der Waals surface area contributed by atoms with Crippen LogP contribution in [0.3, 0.4) is 0 Å². The Balaban J connectivity index is 0. The Morgan fingerprint density at radius 3 is 1.07 bits per heavy atom. The number of carbonyl (C=O) groups is 1. The van der Waals surface area contributed by atoms with Crippen molar-refractivity contribution in [1.29, 1.82) is 0 Å². The van der Waals surface area contributed by atoms with Crippen molar-refractivity contribution in [3.05, 3.63) is 0 Å². The first-order valence-electron chi connectivity index (χ1n) is 5.55. The molecule has 0 aromatic carbocycles. The van der Waals surface area contributed by atoms with Crippen molar-refractivity contribution in [3.63, 3.8) is 0 Å². The van der Waals surface area contributed by atoms with Crippen LogP contribution in [0.1, 0.15) is 0 Å². The molecule has 0 aromatic heterocycles. The number of aliphatic carboxylic acids is 1. The van der Waals surface area contributed by atoms with Crippen molar-refractivity contribution >= 4 is 5.97 Å². The van der Waals surface area contributed by atoms with Gasteiger partial charge in [0.1, 0.15) is 0 Å². The number of quaternary nitrogens is 1. The van der Waals surface area contributed by atoms with Gasteiger partial charge in [0.2, 0.25) is 0 Å². The Labute approximate surface area is 141 Å². The first-order chi connectivity index (χ1) is 11.4. The lowest BCUT2D eigenvalue weighted by Gasteiger charge is -2.41. The summed E-state index contributed by atoms with van der Waals surface area (Å²) in [6.45, 7) is 0. The Kier molecular flexibility index (Phi) is 7.10. The number of halogens is 16. The molecule has 28 heavy (non-hydrogen) atoms. The zero-order valence-corrected chi connectivity index (χ0v) is 12.5. The van der Waals surface area contributed by atoms with E-state index in [-0.39, 0.29) is 6.15 Å². The van der Waals surface area contributed by atoms with Gasteiger partial charge in [-0.05, 0) is 0 Å². The van der Waals surface area contributed by atoms with Gasteiger partial charge in [-0.1, -0.05) is 0 Å². The summed E-state index contributed by atoms with van der Waals surface area (Å²) in [7, 11) is 0. The molecule has 0 rings (SSSR count). The summed E-state index contributed by atoms with van der Waals surface area (Å²) in [6.07, 6.45) is -5.93. The summed E-state index contributed by atoms with van der Waals surface area (Å²) in [6, 6.07) is 0. The zero-order chi connectivity index (χ0) is 22.7. The Morgan fingerprint density at radius 2 is 0.821 bits per heavy atom. The van der Waals surface area contributed by atoms with Crippen LogP contribution in [0.25, 0.3) is 0 Å². The number of hydrogen-bond acceptors (Lipinski definition) is 1. The van der Waals surface area contributed by atoms with Crippen LogP contribution in [0.2, 0.25) is 0 Å². The highest BCUT2D eigenvalue weighted by Crippen LogP contribution is 2.62. The molecule has 3 nitrogen and oxygen atoms in total. The molecule has 19 heteroatoms. The minimum Gasteiger partial charge on any atom is -0.477 e. The van der Waals surface area contributed by atoms with Crippen LogP contribution in [0, 0.1) is 0 Å². The molecular formula is C9H6F16NO2+.